The van der Waals surface area contributed by atoms with Gasteiger partial charge in [0.05, 0.1) is 6.21 Å². The predicted molar refractivity (Wildman–Crippen MR) is 96.3 cm³/mol. The van der Waals surface area contributed by atoms with Crippen molar-refractivity contribution in [1.29, 1.82) is 0 Å². The average Bonchev–Trinajstić information content (AvgIpc) is 2.97. The molecule has 0 saturated heterocycles. The molecule has 1 aromatic heterocycles. The second-order valence-corrected chi connectivity index (χ2v) is 6.43. The van der Waals surface area contributed by atoms with Crippen LogP contribution in [0.5, 0.6) is 0 Å². The van der Waals surface area contributed by atoms with E-state index in [4.69, 9.17) is 11.6 Å². The summed E-state index contributed by atoms with van der Waals surface area (Å²) in [6.07, 6.45) is 1.56. The fourth-order valence-corrected chi connectivity index (χ4v) is 3.25. The Kier molecular flexibility index (Phi) is 4.86. The third-order valence-electron chi connectivity index (χ3n) is 3.18. The van der Waals surface area contributed by atoms with Crippen molar-refractivity contribution in [3.63, 3.8) is 0 Å². The van der Waals surface area contributed by atoms with Crippen molar-refractivity contribution in [3.05, 3.63) is 82.2 Å². The lowest BCUT2D eigenvalue weighted by Gasteiger charge is -1.98. The van der Waals surface area contributed by atoms with Crippen LogP contribution in [0.2, 0.25) is 4.34 Å². The van der Waals surface area contributed by atoms with Crippen LogP contribution in [0.1, 0.15) is 15.9 Å². The summed E-state index contributed by atoms with van der Waals surface area (Å²) in [5.41, 5.74) is 4.95. The summed E-state index contributed by atoms with van der Waals surface area (Å²) in [5, 5.41) is 3.98. The highest BCUT2D eigenvalue weighted by molar-refractivity contribution is 7.19. The van der Waals surface area contributed by atoms with E-state index in [2.05, 4.69) is 10.5 Å². The van der Waals surface area contributed by atoms with Crippen molar-refractivity contribution < 1.29 is 4.79 Å². The fourth-order valence-electron chi connectivity index (χ4n) is 2.03. The highest BCUT2D eigenvalue weighted by Crippen LogP contribution is 2.33. The molecule has 0 spiro atoms. The first-order chi connectivity index (χ1) is 11.2. The third kappa shape index (κ3) is 3.86. The monoisotopic (exact) mass is 340 g/mol. The van der Waals surface area contributed by atoms with Crippen LogP contribution in [-0.2, 0) is 0 Å². The summed E-state index contributed by atoms with van der Waals surface area (Å²) in [7, 11) is 0. The summed E-state index contributed by atoms with van der Waals surface area (Å²) in [4.78, 5) is 13.0. The number of benzene rings is 2. The Hall–Kier alpha value is -2.43. The van der Waals surface area contributed by atoms with Crippen LogP contribution in [0.15, 0.2) is 71.8 Å². The number of rotatable bonds is 4. The number of hydrogen-bond donors (Lipinski definition) is 1. The lowest BCUT2D eigenvalue weighted by molar-refractivity contribution is 0.0955. The molecule has 3 aromatic rings. The van der Waals surface area contributed by atoms with Crippen molar-refractivity contribution in [2.24, 2.45) is 5.10 Å². The minimum atomic E-state index is -0.253. The van der Waals surface area contributed by atoms with Crippen molar-refractivity contribution >= 4 is 35.1 Å². The first-order valence-corrected chi connectivity index (χ1v) is 8.17. The third-order valence-corrected chi connectivity index (χ3v) is 4.62. The molecular weight excluding hydrogens is 328 g/mol. The first kappa shape index (κ1) is 15.5. The lowest BCUT2D eigenvalue weighted by atomic mass is 10.2. The molecule has 0 unspecified atom stereocenters. The predicted octanol–water partition coefficient (Wildman–Crippen LogP) is 4.83. The van der Waals surface area contributed by atoms with E-state index in [1.54, 1.807) is 30.5 Å². The van der Waals surface area contributed by atoms with E-state index in [0.29, 0.717) is 9.90 Å². The fraction of sp³-hybridized carbons (Fsp3) is 0. The molecule has 3 nitrogen and oxygen atoms in total. The van der Waals surface area contributed by atoms with Gasteiger partial charge in [0, 0.05) is 16.0 Å². The molecular formula is C18H13ClN2OS. The molecule has 1 N–H and O–H groups in total. The van der Waals surface area contributed by atoms with Gasteiger partial charge in [0.2, 0.25) is 0 Å². The number of thiophene rings is 1. The van der Waals surface area contributed by atoms with Gasteiger partial charge in [-0.2, -0.15) is 5.10 Å². The number of hydrazone groups is 1. The van der Waals surface area contributed by atoms with Crippen LogP contribution < -0.4 is 5.43 Å². The Morgan fingerprint density at radius 3 is 2.39 bits per heavy atom. The number of carbonyl (C=O) groups is 1. The number of amides is 1. The molecule has 2 aromatic carbocycles. The molecule has 0 radical (unpaired) electrons. The maximum absolute atomic E-state index is 11.9. The van der Waals surface area contributed by atoms with Gasteiger partial charge in [-0.05, 0) is 23.8 Å². The van der Waals surface area contributed by atoms with Gasteiger partial charge in [-0.25, -0.2) is 5.43 Å². The van der Waals surface area contributed by atoms with Crippen LogP contribution >= 0.6 is 22.9 Å². The van der Waals surface area contributed by atoms with Gasteiger partial charge in [0.15, 0.2) is 0 Å². The summed E-state index contributed by atoms with van der Waals surface area (Å²) in [6, 6.07) is 20.9. The molecule has 5 heteroatoms. The number of hydrogen-bond acceptors (Lipinski definition) is 3. The van der Waals surface area contributed by atoms with Crippen LogP contribution in [0.25, 0.3) is 10.4 Å². The minimum absolute atomic E-state index is 0.253. The maximum Gasteiger partial charge on any atom is 0.271 e. The Bertz CT molecular complexity index is 829. The summed E-state index contributed by atoms with van der Waals surface area (Å²) < 4.78 is 0.640. The van der Waals surface area contributed by atoms with E-state index in [1.807, 2.05) is 42.5 Å². The van der Waals surface area contributed by atoms with Gasteiger partial charge in [-0.3, -0.25) is 4.79 Å². The lowest BCUT2D eigenvalue weighted by Crippen LogP contribution is -2.17. The highest BCUT2D eigenvalue weighted by Gasteiger charge is 2.07. The number of carbonyl (C=O) groups excluding carboxylic acids is 1. The van der Waals surface area contributed by atoms with Gasteiger partial charge in [-0.1, -0.05) is 60.1 Å². The normalized spacial score (nSPS) is 10.8. The average molecular weight is 341 g/mol. The van der Waals surface area contributed by atoms with Gasteiger partial charge in [0.25, 0.3) is 5.91 Å². The van der Waals surface area contributed by atoms with E-state index in [1.165, 1.54) is 11.3 Å². The van der Waals surface area contributed by atoms with Gasteiger partial charge >= 0.3 is 0 Å². The van der Waals surface area contributed by atoms with Crippen molar-refractivity contribution in [1.82, 2.24) is 5.43 Å². The van der Waals surface area contributed by atoms with Crippen molar-refractivity contribution in [2.75, 3.05) is 0 Å². The smallest absolute Gasteiger partial charge is 0.267 e. The Balaban J connectivity index is 1.71. The number of nitrogens with one attached hydrogen (secondary N) is 1. The zero-order valence-corrected chi connectivity index (χ0v) is 13.6. The van der Waals surface area contributed by atoms with Crippen LogP contribution in [0, 0.1) is 0 Å². The van der Waals surface area contributed by atoms with Crippen LogP contribution in [-0.4, -0.2) is 12.1 Å². The van der Waals surface area contributed by atoms with Gasteiger partial charge < -0.3 is 0 Å². The molecule has 0 aliphatic carbocycles. The summed E-state index contributed by atoms with van der Waals surface area (Å²) in [6.45, 7) is 0. The second kappa shape index (κ2) is 7.22. The van der Waals surface area contributed by atoms with Crippen molar-refractivity contribution in [3.8, 4) is 10.4 Å². The summed E-state index contributed by atoms with van der Waals surface area (Å²) in [5.74, 6) is -0.253. The van der Waals surface area contributed by atoms with E-state index >= 15 is 0 Å². The molecule has 0 aliphatic heterocycles. The van der Waals surface area contributed by atoms with E-state index in [-0.39, 0.29) is 5.91 Å². The van der Waals surface area contributed by atoms with Crippen LogP contribution in [0.4, 0.5) is 0 Å². The number of halogens is 1. The molecule has 0 aliphatic rings. The van der Waals surface area contributed by atoms with Crippen LogP contribution in [0.3, 0.4) is 0 Å². The van der Waals surface area contributed by atoms with E-state index < -0.39 is 0 Å². The van der Waals surface area contributed by atoms with Gasteiger partial charge in [-0.15, -0.1) is 11.3 Å². The largest absolute Gasteiger partial charge is 0.271 e. The molecule has 0 saturated carbocycles. The zero-order chi connectivity index (χ0) is 16.1. The molecule has 1 amide bonds. The first-order valence-electron chi connectivity index (χ1n) is 6.97. The highest BCUT2D eigenvalue weighted by atomic mass is 35.5. The minimum Gasteiger partial charge on any atom is -0.267 e. The maximum atomic E-state index is 11.9. The Morgan fingerprint density at radius 2 is 1.70 bits per heavy atom. The molecule has 23 heavy (non-hydrogen) atoms. The molecule has 1 heterocycles. The SMILES string of the molecule is O=C(N/N=C/c1cc(-c2ccccc2)sc1Cl)c1ccccc1. The Labute approximate surface area is 143 Å². The van der Waals surface area contributed by atoms with E-state index in [0.717, 1.165) is 16.0 Å². The topological polar surface area (TPSA) is 41.5 Å². The molecule has 114 valence electrons. The molecule has 3 rings (SSSR count). The number of nitrogens with zero attached hydrogens (tertiary/aromatic N) is 1. The molecule has 0 atom stereocenters. The Morgan fingerprint density at radius 1 is 1.04 bits per heavy atom. The molecule has 0 bridgehead atoms. The summed E-state index contributed by atoms with van der Waals surface area (Å²) >= 11 is 7.73. The quantitative estimate of drug-likeness (QED) is 0.536. The van der Waals surface area contributed by atoms with Crippen molar-refractivity contribution in [2.45, 2.75) is 0 Å². The van der Waals surface area contributed by atoms with E-state index in [9.17, 15) is 4.79 Å². The second-order valence-electron chi connectivity index (χ2n) is 4.77. The standard InChI is InChI=1S/C18H13ClN2OS/c19-17-15(11-16(23-17)13-7-3-1-4-8-13)12-20-21-18(22)14-9-5-2-6-10-14/h1-12H,(H,21,22)/b20-12+. The molecule has 0 fully saturated rings. The van der Waals surface area contributed by atoms with Gasteiger partial charge in [0.1, 0.15) is 4.34 Å². The zero-order valence-electron chi connectivity index (χ0n) is 12.1.